The van der Waals surface area contributed by atoms with Crippen LogP contribution in [0, 0.1) is 5.82 Å². The standard InChI is InChI=1S/C13H10FNO3/c1-18-13(17)9-5-8(6-10(14)7-9)11-3-2-4-12(16)15-11/h2-7H,1H3,(H,15,16). The molecule has 92 valence electrons. The molecule has 0 unspecified atom stereocenters. The number of nitrogens with one attached hydrogen (secondary N) is 1. The molecule has 4 nitrogen and oxygen atoms in total. The number of H-pyrrole nitrogens is 1. The zero-order chi connectivity index (χ0) is 13.1. The van der Waals surface area contributed by atoms with E-state index in [0.29, 0.717) is 11.3 Å². The summed E-state index contributed by atoms with van der Waals surface area (Å²) in [6, 6.07) is 8.30. The Morgan fingerprint density at radius 1 is 1.28 bits per heavy atom. The number of hydrogen-bond acceptors (Lipinski definition) is 3. The molecule has 2 rings (SSSR count). The van der Waals surface area contributed by atoms with Gasteiger partial charge in [-0.05, 0) is 24.3 Å². The second-order valence-electron chi connectivity index (χ2n) is 3.65. The van der Waals surface area contributed by atoms with Crippen LogP contribution in [0.25, 0.3) is 11.3 Å². The number of rotatable bonds is 2. The first-order valence-electron chi connectivity index (χ1n) is 5.19. The largest absolute Gasteiger partial charge is 0.465 e. The lowest BCUT2D eigenvalue weighted by Gasteiger charge is -2.05. The summed E-state index contributed by atoms with van der Waals surface area (Å²) in [6.45, 7) is 0. The Hall–Kier alpha value is -2.43. The molecule has 0 bridgehead atoms. The Morgan fingerprint density at radius 3 is 2.72 bits per heavy atom. The lowest BCUT2D eigenvalue weighted by Crippen LogP contribution is -2.05. The van der Waals surface area contributed by atoms with Crippen molar-refractivity contribution >= 4 is 5.97 Å². The molecule has 0 spiro atoms. The number of benzene rings is 1. The lowest BCUT2D eigenvalue weighted by atomic mass is 10.1. The first kappa shape index (κ1) is 12.0. The molecule has 0 aliphatic rings. The zero-order valence-corrected chi connectivity index (χ0v) is 9.57. The van der Waals surface area contributed by atoms with E-state index in [4.69, 9.17) is 0 Å². The molecule has 5 heteroatoms. The highest BCUT2D eigenvalue weighted by Crippen LogP contribution is 2.19. The van der Waals surface area contributed by atoms with Crippen LogP contribution < -0.4 is 5.56 Å². The van der Waals surface area contributed by atoms with Gasteiger partial charge in [0.05, 0.1) is 12.7 Å². The summed E-state index contributed by atoms with van der Waals surface area (Å²) in [5, 5.41) is 0. The maximum atomic E-state index is 13.4. The first-order valence-corrected chi connectivity index (χ1v) is 5.19. The van der Waals surface area contributed by atoms with Crippen molar-refractivity contribution in [1.29, 1.82) is 0 Å². The maximum absolute atomic E-state index is 13.4. The van der Waals surface area contributed by atoms with Gasteiger partial charge in [-0.1, -0.05) is 6.07 Å². The molecule has 0 aliphatic carbocycles. The summed E-state index contributed by atoms with van der Waals surface area (Å²) in [5.41, 5.74) is 0.647. The number of aromatic nitrogens is 1. The van der Waals surface area contributed by atoms with Gasteiger partial charge in [-0.3, -0.25) is 4.79 Å². The van der Waals surface area contributed by atoms with Crippen LogP contribution >= 0.6 is 0 Å². The van der Waals surface area contributed by atoms with E-state index in [1.807, 2.05) is 0 Å². The second kappa shape index (κ2) is 4.83. The SMILES string of the molecule is COC(=O)c1cc(F)cc(-c2cccc(=O)[nH]2)c1. The smallest absolute Gasteiger partial charge is 0.337 e. The molecule has 2 aromatic rings. The van der Waals surface area contributed by atoms with Gasteiger partial charge in [0.1, 0.15) is 5.82 Å². The van der Waals surface area contributed by atoms with E-state index in [9.17, 15) is 14.0 Å². The van der Waals surface area contributed by atoms with E-state index in [2.05, 4.69) is 9.72 Å². The summed E-state index contributed by atoms with van der Waals surface area (Å²) in [4.78, 5) is 25.1. The van der Waals surface area contributed by atoms with E-state index in [1.54, 1.807) is 12.1 Å². The normalized spacial score (nSPS) is 10.1. The first-order chi connectivity index (χ1) is 8.60. The van der Waals surface area contributed by atoms with Crippen molar-refractivity contribution in [3.8, 4) is 11.3 Å². The number of halogens is 1. The van der Waals surface area contributed by atoms with Crippen LogP contribution in [-0.2, 0) is 4.74 Å². The van der Waals surface area contributed by atoms with E-state index in [-0.39, 0.29) is 11.1 Å². The highest BCUT2D eigenvalue weighted by Gasteiger charge is 2.10. The highest BCUT2D eigenvalue weighted by molar-refractivity contribution is 5.90. The Kier molecular flexibility index (Phi) is 3.23. The number of aromatic amines is 1. The molecule has 1 aromatic heterocycles. The van der Waals surface area contributed by atoms with Gasteiger partial charge >= 0.3 is 5.97 Å². The molecule has 0 aliphatic heterocycles. The minimum absolute atomic E-state index is 0.0946. The van der Waals surface area contributed by atoms with Crippen molar-refractivity contribution in [3.05, 3.63) is 58.1 Å². The van der Waals surface area contributed by atoms with Gasteiger partial charge in [0.2, 0.25) is 5.56 Å². The third kappa shape index (κ3) is 2.45. The summed E-state index contributed by atoms with van der Waals surface area (Å²) in [7, 11) is 1.22. The fourth-order valence-electron chi connectivity index (χ4n) is 1.60. The Morgan fingerprint density at radius 2 is 2.06 bits per heavy atom. The number of ether oxygens (including phenoxy) is 1. The third-order valence-electron chi connectivity index (χ3n) is 2.40. The van der Waals surface area contributed by atoms with Crippen LogP contribution in [0.3, 0.4) is 0 Å². The van der Waals surface area contributed by atoms with Crippen molar-refractivity contribution in [2.45, 2.75) is 0 Å². The van der Waals surface area contributed by atoms with Gasteiger partial charge in [0.15, 0.2) is 0 Å². The van der Waals surface area contributed by atoms with Crippen molar-refractivity contribution in [2.75, 3.05) is 7.11 Å². The molecule has 18 heavy (non-hydrogen) atoms. The van der Waals surface area contributed by atoms with Crippen molar-refractivity contribution in [2.24, 2.45) is 0 Å². The zero-order valence-electron chi connectivity index (χ0n) is 9.57. The third-order valence-corrected chi connectivity index (χ3v) is 2.40. The molecule has 1 aromatic carbocycles. The Labute approximate surface area is 102 Å². The average Bonchev–Trinajstić information content (AvgIpc) is 2.37. The predicted octanol–water partition coefficient (Wildman–Crippen LogP) is 1.97. The number of carbonyl (C=O) groups excluding carboxylic acids is 1. The van der Waals surface area contributed by atoms with Crippen LogP contribution in [0.4, 0.5) is 4.39 Å². The average molecular weight is 247 g/mol. The molecule has 0 fully saturated rings. The van der Waals surface area contributed by atoms with Gasteiger partial charge in [0, 0.05) is 17.3 Å². The van der Waals surface area contributed by atoms with Gasteiger partial charge in [-0.2, -0.15) is 0 Å². The van der Waals surface area contributed by atoms with Gasteiger partial charge in [-0.25, -0.2) is 9.18 Å². The highest BCUT2D eigenvalue weighted by atomic mass is 19.1. The second-order valence-corrected chi connectivity index (χ2v) is 3.65. The quantitative estimate of drug-likeness (QED) is 0.825. The lowest BCUT2D eigenvalue weighted by molar-refractivity contribution is 0.0600. The van der Waals surface area contributed by atoms with Crippen molar-refractivity contribution in [1.82, 2.24) is 4.98 Å². The fourth-order valence-corrected chi connectivity index (χ4v) is 1.60. The van der Waals surface area contributed by atoms with Crippen LogP contribution in [0.2, 0.25) is 0 Å². The van der Waals surface area contributed by atoms with Crippen LogP contribution in [0.5, 0.6) is 0 Å². The van der Waals surface area contributed by atoms with E-state index in [0.717, 1.165) is 6.07 Å². The van der Waals surface area contributed by atoms with Crippen molar-refractivity contribution in [3.63, 3.8) is 0 Å². The molecule has 0 amide bonds. The Bertz CT molecular complexity index is 649. The number of carbonyl (C=O) groups is 1. The monoisotopic (exact) mass is 247 g/mol. The molecule has 1 N–H and O–H groups in total. The molecule has 0 saturated carbocycles. The minimum Gasteiger partial charge on any atom is -0.465 e. The van der Waals surface area contributed by atoms with Gasteiger partial charge in [0.25, 0.3) is 0 Å². The molecule has 0 saturated heterocycles. The molecular weight excluding hydrogens is 237 g/mol. The summed E-state index contributed by atoms with van der Waals surface area (Å²) < 4.78 is 17.9. The minimum atomic E-state index is -0.631. The molecule has 1 heterocycles. The summed E-state index contributed by atoms with van der Waals surface area (Å²) in [6.07, 6.45) is 0. The number of esters is 1. The topological polar surface area (TPSA) is 59.2 Å². The van der Waals surface area contributed by atoms with E-state index < -0.39 is 11.8 Å². The summed E-state index contributed by atoms with van der Waals surface area (Å²) in [5.74, 6) is -1.20. The van der Waals surface area contributed by atoms with E-state index >= 15 is 0 Å². The van der Waals surface area contributed by atoms with Crippen LogP contribution in [0.15, 0.2) is 41.2 Å². The maximum Gasteiger partial charge on any atom is 0.337 e. The fraction of sp³-hybridized carbons (Fsp3) is 0.0769. The molecular formula is C13H10FNO3. The van der Waals surface area contributed by atoms with E-state index in [1.165, 1.54) is 25.3 Å². The van der Waals surface area contributed by atoms with Crippen LogP contribution in [0.1, 0.15) is 10.4 Å². The van der Waals surface area contributed by atoms with Crippen LogP contribution in [-0.4, -0.2) is 18.1 Å². The number of methoxy groups -OCH3 is 1. The van der Waals surface area contributed by atoms with Crippen molar-refractivity contribution < 1.29 is 13.9 Å². The number of hydrogen-bond donors (Lipinski definition) is 1. The predicted molar refractivity (Wildman–Crippen MR) is 63.8 cm³/mol. The number of pyridine rings is 1. The molecule has 0 radical (unpaired) electrons. The summed E-state index contributed by atoms with van der Waals surface area (Å²) >= 11 is 0. The Balaban J connectivity index is 2.55. The van der Waals surface area contributed by atoms with Gasteiger partial charge < -0.3 is 9.72 Å². The molecule has 0 atom stereocenters. The van der Waals surface area contributed by atoms with Gasteiger partial charge in [-0.15, -0.1) is 0 Å².